The maximum atomic E-state index is 5.19. The van der Waals surface area contributed by atoms with Crippen LogP contribution in [0.25, 0.3) is 0 Å². The SMILES string of the molecule is COc1ccc(C(C[S+](C)C)[S+](C)C)cc1. The number of hydrogen-bond acceptors (Lipinski definition) is 1. The lowest BCUT2D eigenvalue weighted by Gasteiger charge is -2.12. The topological polar surface area (TPSA) is 9.23 Å². The molecule has 1 atom stereocenters. The molecule has 0 N–H and O–H groups in total. The van der Waals surface area contributed by atoms with E-state index in [0.29, 0.717) is 27.0 Å². The van der Waals surface area contributed by atoms with Gasteiger partial charge in [0.15, 0.2) is 11.0 Å². The first-order valence-electron chi connectivity index (χ1n) is 5.29. The maximum absolute atomic E-state index is 5.19. The molecule has 0 aliphatic rings. The second-order valence-corrected chi connectivity index (χ2v) is 8.93. The molecule has 1 rings (SSSR count). The van der Waals surface area contributed by atoms with Gasteiger partial charge in [0.1, 0.15) is 5.75 Å². The van der Waals surface area contributed by atoms with Gasteiger partial charge < -0.3 is 4.74 Å². The van der Waals surface area contributed by atoms with Crippen LogP contribution in [0.5, 0.6) is 5.75 Å². The molecule has 1 aromatic rings. The van der Waals surface area contributed by atoms with Gasteiger partial charge in [0.05, 0.1) is 32.1 Å². The predicted octanol–water partition coefficient (Wildman–Crippen LogP) is 2.49. The molecule has 90 valence electrons. The van der Waals surface area contributed by atoms with Crippen LogP contribution in [-0.2, 0) is 21.8 Å². The first kappa shape index (κ1) is 13.8. The van der Waals surface area contributed by atoms with Crippen molar-refractivity contribution in [2.24, 2.45) is 0 Å². The van der Waals surface area contributed by atoms with Crippen molar-refractivity contribution < 1.29 is 4.74 Å². The zero-order valence-electron chi connectivity index (χ0n) is 10.8. The Morgan fingerprint density at radius 2 is 1.62 bits per heavy atom. The number of benzene rings is 1. The fourth-order valence-electron chi connectivity index (χ4n) is 1.63. The molecule has 0 heterocycles. The van der Waals surface area contributed by atoms with Crippen LogP contribution in [0.1, 0.15) is 10.8 Å². The van der Waals surface area contributed by atoms with Crippen molar-refractivity contribution in [3.63, 3.8) is 0 Å². The van der Waals surface area contributed by atoms with Crippen molar-refractivity contribution in [3.05, 3.63) is 29.8 Å². The summed E-state index contributed by atoms with van der Waals surface area (Å²) in [5.41, 5.74) is 1.45. The zero-order chi connectivity index (χ0) is 12.1. The van der Waals surface area contributed by atoms with Crippen LogP contribution >= 0.6 is 0 Å². The van der Waals surface area contributed by atoms with Crippen molar-refractivity contribution in [2.45, 2.75) is 5.25 Å². The molecule has 1 unspecified atom stereocenters. The van der Waals surface area contributed by atoms with Crippen LogP contribution in [0, 0.1) is 0 Å². The summed E-state index contributed by atoms with van der Waals surface area (Å²) in [6.45, 7) is 0. The second kappa shape index (κ2) is 6.45. The molecule has 0 aliphatic carbocycles. The Bertz CT molecular complexity index is 306. The third-order valence-electron chi connectivity index (χ3n) is 2.54. The largest absolute Gasteiger partial charge is 0.497 e. The highest BCUT2D eigenvalue weighted by molar-refractivity contribution is 7.99. The number of hydrogen-bond donors (Lipinski definition) is 0. The number of rotatable bonds is 5. The van der Waals surface area contributed by atoms with E-state index in [1.807, 2.05) is 0 Å². The van der Waals surface area contributed by atoms with E-state index in [4.69, 9.17) is 4.74 Å². The lowest BCUT2D eigenvalue weighted by atomic mass is 10.1. The Morgan fingerprint density at radius 1 is 1.06 bits per heavy atom. The van der Waals surface area contributed by atoms with Crippen molar-refractivity contribution in [1.82, 2.24) is 0 Å². The number of methoxy groups -OCH3 is 1. The summed E-state index contributed by atoms with van der Waals surface area (Å²) in [5.74, 6) is 2.24. The van der Waals surface area contributed by atoms with Crippen molar-refractivity contribution in [1.29, 1.82) is 0 Å². The van der Waals surface area contributed by atoms with Crippen LogP contribution < -0.4 is 4.74 Å². The quantitative estimate of drug-likeness (QED) is 0.737. The smallest absolute Gasteiger partial charge is 0.186 e. The Morgan fingerprint density at radius 3 is 2.00 bits per heavy atom. The fourth-order valence-corrected chi connectivity index (χ4v) is 5.03. The normalized spacial score (nSPS) is 13.2. The summed E-state index contributed by atoms with van der Waals surface area (Å²) in [6.07, 6.45) is 9.32. The number of ether oxygens (including phenoxy) is 1. The zero-order valence-corrected chi connectivity index (χ0v) is 12.5. The maximum Gasteiger partial charge on any atom is 0.186 e. The lowest BCUT2D eigenvalue weighted by molar-refractivity contribution is 0.414. The van der Waals surface area contributed by atoms with Crippen LogP contribution in [0.3, 0.4) is 0 Å². The Hall–Kier alpha value is -0.280. The first-order valence-corrected chi connectivity index (χ1v) is 9.60. The minimum Gasteiger partial charge on any atom is -0.497 e. The lowest BCUT2D eigenvalue weighted by Crippen LogP contribution is -2.19. The minimum absolute atomic E-state index is 0.433. The molecule has 0 aliphatic heterocycles. The fraction of sp³-hybridized carbons (Fsp3) is 0.538. The van der Waals surface area contributed by atoms with E-state index in [9.17, 15) is 0 Å². The van der Waals surface area contributed by atoms with E-state index in [-0.39, 0.29) is 0 Å². The van der Waals surface area contributed by atoms with Gasteiger partial charge in [-0.05, 0) is 33.9 Å². The van der Waals surface area contributed by atoms with Crippen molar-refractivity contribution in [2.75, 3.05) is 37.9 Å². The van der Waals surface area contributed by atoms with Crippen LogP contribution in [-0.4, -0.2) is 37.9 Å². The van der Waals surface area contributed by atoms with Crippen LogP contribution in [0.2, 0.25) is 0 Å². The average molecular weight is 258 g/mol. The average Bonchev–Trinajstić information content (AvgIpc) is 2.25. The predicted molar refractivity (Wildman–Crippen MR) is 79.0 cm³/mol. The van der Waals surface area contributed by atoms with E-state index < -0.39 is 0 Å². The van der Waals surface area contributed by atoms with Crippen molar-refractivity contribution >= 4 is 21.8 Å². The van der Waals surface area contributed by atoms with Crippen LogP contribution in [0.15, 0.2) is 24.3 Å². The molecule has 0 aromatic heterocycles. The minimum atomic E-state index is 0.433. The van der Waals surface area contributed by atoms with E-state index in [2.05, 4.69) is 49.3 Å². The molecule has 0 fully saturated rings. The van der Waals surface area contributed by atoms with Gasteiger partial charge in [0, 0.05) is 5.56 Å². The molecule has 0 amide bonds. The summed E-state index contributed by atoms with van der Waals surface area (Å²) < 4.78 is 5.19. The Labute approximate surface area is 105 Å². The van der Waals surface area contributed by atoms with Gasteiger partial charge in [-0.1, -0.05) is 12.1 Å². The van der Waals surface area contributed by atoms with Gasteiger partial charge >= 0.3 is 0 Å². The third-order valence-corrected chi connectivity index (χ3v) is 5.33. The summed E-state index contributed by atoms with van der Waals surface area (Å²) >= 11 is 0. The van der Waals surface area contributed by atoms with Crippen molar-refractivity contribution in [3.8, 4) is 5.75 Å². The third kappa shape index (κ3) is 3.95. The molecular weight excluding hydrogens is 236 g/mol. The van der Waals surface area contributed by atoms with E-state index >= 15 is 0 Å². The first-order chi connectivity index (χ1) is 7.54. The molecule has 16 heavy (non-hydrogen) atoms. The molecule has 1 nitrogen and oxygen atoms in total. The van der Waals surface area contributed by atoms with Gasteiger partial charge in [0.2, 0.25) is 0 Å². The molecule has 3 heteroatoms. The molecule has 0 saturated heterocycles. The highest BCUT2D eigenvalue weighted by atomic mass is 32.2. The van der Waals surface area contributed by atoms with Gasteiger partial charge in [-0.25, -0.2) is 0 Å². The summed E-state index contributed by atoms with van der Waals surface area (Å²) in [7, 11) is 2.65. The van der Waals surface area contributed by atoms with Gasteiger partial charge in [0.25, 0.3) is 0 Å². The summed E-state index contributed by atoms with van der Waals surface area (Å²) in [5, 5.41) is 0.698. The Kier molecular flexibility index (Phi) is 5.56. The van der Waals surface area contributed by atoms with Gasteiger partial charge in [-0.2, -0.15) is 0 Å². The van der Waals surface area contributed by atoms with Crippen LogP contribution in [0.4, 0.5) is 0 Å². The monoisotopic (exact) mass is 258 g/mol. The molecule has 0 spiro atoms. The Balaban J connectivity index is 2.84. The van der Waals surface area contributed by atoms with E-state index in [1.165, 1.54) is 11.3 Å². The molecule has 1 aromatic carbocycles. The van der Waals surface area contributed by atoms with E-state index in [1.54, 1.807) is 7.11 Å². The van der Waals surface area contributed by atoms with E-state index in [0.717, 1.165) is 5.75 Å². The molecular formula is C13H22OS2+2. The summed E-state index contributed by atoms with van der Waals surface area (Å²) in [6, 6.07) is 8.56. The molecule has 0 radical (unpaired) electrons. The standard InChI is InChI=1S/C13H22OS2/c1-14-12-8-6-11(7-9-12)13(16(4)5)10-15(2)3/h6-9,13H,10H2,1-5H3/q+2. The molecule has 0 bridgehead atoms. The summed E-state index contributed by atoms with van der Waals surface area (Å²) in [4.78, 5) is 0. The second-order valence-electron chi connectivity index (χ2n) is 4.29. The van der Waals surface area contributed by atoms with Gasteiger partial charge in [-0.3, -0.25) is 0 Å². The highest BCUT2D eigenvalue weighted by Crippen LogP contribution is 2.25. The van der Waals surface area contributed by atoms with Gasteiger partial charge in [-0.15, -0.1) is 0 Å². The highest BCUT2D eigenvalue weighted by Gasteiger charge is 2.28. The molecule has 0 saturated carbocycles.